The van der Waals surface area contributed by atoms with Gasteiger partial charge in [0.05, 0.1) is 0 Å². The molecule has 0 spiro atoms. The van der Waals surface area contributed by atoms with E-state index in [0.717, 1.165) is 0 Å². The van der Waals surface area contributed by atoms with Gasteiger partial charge >= 0.3 is 0 Å². The molecule has 0 aromatic carbocycles. The zero-order valence-corrected chi connectivity index (χ0v) is 10.8. The first kappa shape index (κ1) is 12.1. The number of nitrogen functional groups attached to an aromatic ring is 1. The number of rotatable bonds is 4. The third kappa shape index (κ3) is 3.08. The van der Waals surface area contributed by atoms with Crippen molar-refractivity contribution in [2.45, 2.75) is 22.3 Å². The Bertz CT molecular complexity index is 494. The van der Waals surface area contributed by atoms with Gasteiger partial charge in [-0.2, -0.15) is 0 Å². The lowest BCUT2D eigenvalue weighted by Gasteiger charge is -2.03. The fourth-order valence-electron chi connectivity index (χ4n) is 1.03. The van der Waals surface area contributed by atoms with Crippen molar-refractivity contribution in [2.75, 3.05) is 11.7 Å². The summed E-state index contributed by atoms with van der Waals surface area (Å²) in [6.07, 6.45) is 1.89. The molecule has 2 rings (SSSR count). The Kier molecular flexibility index (Phi) is 3.82. The van der Waals surface area contributed by atoms with Gasteiger partial charge in [0.25, 0.3) is 5.22 Å². The molecule has 17 heavy (non-hydrogen) atoms. The Morgan fingerprint density at radius 3 is 2.76 bits per heavy atom. The number of hydrogen-bond acceptors (Lipinski definition) is 9. The summed E-state index contributed by atoms with van der Waals surface area (Å²) >= 11 is 2.70. The average molecular weight is 270 g/mol. The molecule has 0 bridgehead atoms. The van der Waals surface area contributed by atoms with Gasteiger partial charge in [-0.3, -0.25) is 0 Å². The molecule has 90 valence electrons. The second kappa shape index (κ2) is 5.34. The number of nitrogens with zero attached hydrogens (tertiary/aromatic N) is 4. The van der Waals surface area contributed by atoms with Crippen LogP contribution in [0.2, 0.25) is 0 Å². The molecule has 0 unspecified atom stereocenters. The maximum absolute atomic E-state index is 5.33. The number of aryl methyl sites for hydroxylation is 1. The zero-order chi connectivity index (χ0) is 12.3. The maximum Gasteiger partial charge on any atom is 0.282 e. The van der Waals surface area contributed by atoms with Crippen molar-refractivity contribution in [1.29, 1.82) is 0 Å². The molecule has 2 heterocycles. The number of hydrazine groups is 1. The number of hydrogen-bond donors (Lipinski definition) is 2. The van der Waals surface area contributed by atoms with E-state index in [0.29, 0.717) is 27.1 Å². The summed E-state index contributed by atoms with van der Waals surface area (Å²) in [6.45, 7) is 1.73. The van der Waals surface area contributed by atoms with Crippen molar-refractivity contribution in [3.63, 3.8) is 0 Å². The lowest BCUT2D eigenvalue weighted by atomic mass is 10.6. The van der Waals surface area contributed by atoms with Gasteiger partial charge in [-0.25, -0.2) is 15.8 Å². The van der Waals surface area contributed by atoms with Crippen molar-refractivity contribution in [2.24, 2.45) is 5.84 Å². The molecule has 0 fully saturated rings. The molecule has 0 amide bonds. The Morgan fingerprint density at radius 1 is 1.35 bits per heavy atom. The van der Waals surface area contributed by atoms with Gasteiger partial charge < -0.3 is 9.84 Å². The van der Waals surface area contributed by atoms with Crippen molar-refractivity contribution < 1.29 is 4.42 Å². The molecule has 2 aromatic heterocycles. The lowest BCUT2D eigenvalue weighted by Crippen LogP contribution is -2.09. The Labute approximate surface area is 106 Å². The smallest absolute Gasteiger partial charge is 0.282 e. The van der Waals surface area contributed by atoms with Crippen molar-refractivity contribution in [1.82, 2.24) is 20.2 Å². The minimum atomic E-state index is 0.441. The molecule has 2 aromatic rings. The fraction of sp³-hybridized carbons (Fsp3) is 0.250. The Morgan fingerprint density at radius 2 is 2.18 bits per heavy atom. The van der Waals surface area contributed by atoms with E-state index in [1.54, 1.807) is 13.0 Å². The van der Waals surface area contributed by atoms with Crippen LogP contribution < -0.4 is 11.3 Å². The SMILES string of the molecule is CSc1nc(NN)cc(Sc2nnc(C)o2)n1. The summed E-state index contributed by atoms with van der Waals surface area (Å²) in [6, 6.07) is 1.71. The number of nitrogens with two attached hydrogens (primary N) is 1. The summed E-state index contributed by atoms with van der Waals surface area (Å²) in [5, 5.41) is 9.38. The van der Waals surface area contributed by atoms with Gasteiger partial charge in [0.2, 0.25) is 5.89 Å². The molecule has 0 aliphatic rings. The van der Waals surface area contributed by atoms with Crippen LogP contribution in [0.4, 0.5) is 5.82 Å². The van der Waals surface area contributed by atoms with Crippen molar-refractivity contribution in [3.05, 3.63) is 12.0 Å². The number of aromatic nitrogens is 4. The van der Waals surface area contributed by atoms with Crippen LogP contribution in [0.5, 0.6) is 0 Å². The molecule has 0 aliphatic heterocycles. The highest BCUT2D eigenvalue weighted by Crippen LogP contribution is 2.27. The standard InChI is InChI=1S/C8H10N6OS2/c1-4-13-14-8(15-4)17-6-3-5(12-9)10-7(11-6)16-2/h3H,9H2,1-2H3,(H,10,11,12). The normalized spacial score (nSPS) is 10.5. The quantitative estimate of drug-likeness (QED) is 0.280. The van der Waals surface area contributed by atoms with E-state index in [2.05, 4.69) is 25.6 Å². The molecule has 3 N–H and O–H groups in total. The fourth-order valence-corrected chi connectivity index (χ4v) is 2.19. The van der Waals surface area contributed by atoms with Crippen LogP contribution in [-0.4, -0.2) is 26.4 Å². The van der Waals surface area contributed by atoms with E-state index >= 15 is 0 Å². The largest absolute Gasteiger partial charge is 0.416 e. The van der Waals surface area contributed by atoms with Crippen LogP contribution >= 0.6 is 23.5 Å². The van der Waals surface area contributed by atoms with Crippen LogP contribution in [0.15, 0.2) is 25.9 Å². The van der Waals surface area contributed by atoms with Crippen molar-refractivity contribution >= 4 is 29.3 Å². The Balaban J connectivity index is 2.25. The lowest BCUT2D eigenvalue weighted by molar-refractivity contribution is 0.429. The van der Waals surface area contributed by atoms with E-state index in [9.17, 15) is 0 Å². The summed E-state index contributed by atoms with van der Waals surface area (Å²) in [5.41, 5.74) is 2.49. The summed E-state index contributed by atoms with van der Waals surface area (Å²) < 4.78 is 5.26. The van der Waals surface area contributed by atoms with Crippen LogP contribution in [0.1, 0.15) is 5.89 Å². The van der Waals surface area contributed by atoms with E-state index in [4.69, 9.17) is 10.3 Å². The summed E-state index contributed by atoms with van der Waals surface area (Å²) in [4.78, 5) is 8.45. The number of nitrogens with one attached hydrogen (secondary N) is 1. The second-order valence-electron chi connectivity index (χ2n) is 2.91. The van der Waals surface area contributed by atoms with Gasteiger partial charge in [-0.05, 0) is 18.0 Å². The molecular weight excluding hydrogens is 260 g/mol. The third-order valence-corrected chi connectivity index (χ3v) is 3.02. The third-order valence-electron chi connectivity index (χ3n) is 1.71. The maximum atomic E-state index is 5.33. The predicted molar refractivity (Wildman–Crippen MR) is 64.8 cm³/mol. The van der Waals surface area contributed by atoms with Crippen LogP contribution in [0.3, 0.4) is 0 Å². The van der Waals surface area contributed by atoms with Gasteiger partial charge in [0, 0.05) is 13.0 Å². The van der Waals surface area contributed by atoms with E-state index < -0.39 is 0 Å². The van der Waals surface area contributed by atoms with Crippen molar-refractivity contribution in [3.8, 4) is 0 Å². The second-order valence-corrected chi connectivity index (χ2v) is 4.66. The van der Waals surface area contributed by atoms with Gasteiger partial charge in [-0.1, -0.05) is 11.8 Å². The van der Waals surface area contributed by atoms with Gasteiger partial charge in [0.15, 0.2) is 5.16 Å². The van der Waals surface area contributed by atoms with E-state index in [1.807, 2.05) is 6.26 Å². The first-order valence-electron chi connectivity index (χ1n) is 4.59. The molecule has 0 saturated heterocycles. The molecule has 0 saturated carbocycles. The van der Waals surface area contributed by atoms with Crippen LogP contribution in [-0.2, 0) is 0 Å². The summed E-state index contributed by atoms with van der Waals surface area (Å²) in [7, 11) is 0. The first-order valence-corrected chi connectivity index (χ1v) is 6.63. The van der Waals surface area contributed by atoms with Gasteiger partial charge in [0.1, 0.15) is 10.8 Å². The minimum Gasteiger partial charge on any atom is -0.416 e. The molecule has 0 radical (unpaired) electrons. The highest BCUT2D eigenvalue weighted by molar-refractivity contribution is 7.99. The van der Waals surface area contributed by atoms with E-state index in [1.165, 1.54) is 23.5 Å². The molecular formula is C8H10N6OS2. The Hall–Kier alpha value is -1.32. The highest BCUT2D eigenvalue weighted by Gasteiger charge is 2.09. The average Bonchev–Trinajstić information content (AvgIpc) is 2.74. The van der Waals surface area contributed by atoms with Crippen LogP contribution in [0, 0.1) is 6.92 Å². The molecule has 7 nitrogen and oxygen atoms in total. The van der Waals surface area contributed by atoms with Gasteiger partial charge in [-0.15, -0.1) is 10.2 Å². The minimum absolute atomic E-state index is 0.441. The first-order chi connectivity index (χ1) is 8.21. The molecule has 0 atom stereocenters. The zero-order valence-electron chi connectivity index (χ0n) is 9.17. The topological polar surface area (TPSA) is 103 Å². The monoisotopic (exact) mass is 270 g/mol. The van der Waals surface area contributed by atoms with Crippen LogP contribution in [0.25, 0.3) is 0 Å². The highest BCUT2D eigenvalue weighted by atomic mass is 32.2. The molecule has 0 aliphatic carbocycles. The number of anilines is 1. The van der Waals surface area contributed by atoms with E-state index in [-0.39, 0.29) is 0 Å². The summed E-state index contributed by atoms with van der Waals surface area (Å²) in [5.74, 6) is 6.39. The number of thioether (sulfide) groups is 1. The molecule has 9 heteroatoms. The predicted octanol–water partition coefficient (Wildman–Crippen LogP) is 1.33.